The van der Waals surface area contributed by atoms with Gasteiger partial charge < -0.3 is 4.90 Å². The summed E-state index contributed by atoms with van der Waals surface area (Å²) in [5.74, 6) is 0.880. The molecule has 0 saturated carbocycles. The first-order chi connectivity index (χ1) is 5.16. The van der Waals surface area contributed by atoms with Crippen molar-refractivity contribution in [2.45, 2.75) is 52.1 Å². The second-order valence-electron chi connectivity index (χ2n) is 4.04. The van der Waals surface area contributed by atoms with Crippen molar-refractivity contribution in [3.63, 3.8) is 0 Å². The summed E-state index contributed by atoms with van der Waals surface area (Å²) in [7, 11) is 2.27. The van der Waals surface area contributed by atoms with Crippen molar-refractivity contribution in [2.24, 2.45) is 5.92 Å². The summed E-state index contributed by atoms with van der Waals surface area (Å²) < 4.78 is 0. The van der Waals surface area contributed by atoms with Crippen LogP contribution in [0.4, 0.5) is 0 Å². The van der Waals surface area contributed by atoms with Crippen LogP contribution in [0.5, 0.6) is 0 Å². The molecule has 0 aliphatic carbocycles. The van der Waals surface area contributed by atoms with E-state index in [0.29, 0.717) is 0 Å². The van der Waals surface area contributed by atoms with Gasteiger partial charge in [-0.2, -0.15) is 0 Å². The van der Waals surface area contributed by atoms with Crippen molar-refractivity contribution < 1.29 is 0 Å². The molecule has 1 aliphatic heterocycles. The van der Waals surface area contributed by atoms with Gasteiger partial charge >= 0.3 is 0 Å². The zero-order valence-electron chi connectivity index (χ0n) is 8.30. The first kappa shape index (κ1) is 9.05. The smallest absolute Gasteiger partial charge is 0.0121 e. The maximum absolute atomic E-state index is 2.55. The first-order valence-corrected chi connectivity index (χ1v) is 4.88. The number of hydrogen-bond donors (Lipinski definition) is 0. The molecule has 0 amide bonds. The lowest BCUT2D eigenvalue weighted by molar-refractivity contribution is 0.196. The summed E-state index contributed by atoms with van der Waals surface area (Å²) in [6, 6.07) is 1.67. The zero-order valence-corrected chi connectivity index (χ0v) is 8.30. The average molecular weight is 155 g/mol. The van der Waals surface area contributed by atoms with Gasteiger partial charge in [-0.3, -0.25) is 0 Å². The van der Waals surface area contributed by atoms with Crippen LogP contribution in [0.1, 0.15) is 40.0 Å². The Morgan fingerprint density at radius 2 is 2.09 bits per heavy atom. The second-order valence-corrected chi connectivity index (χ2v) is 4.04. The number of nitrogens with zero attached hydrogens (tertiary/aromatic N) is 1. The molecule has 0 N–H and O–H groups in total. The van der Waals surface area contributed by atoms with Crippen LogP contribution in [0.15, 0.2) is 0 Å². The summed E-state index contributed by atoms with van der Waals surface area (Å²) >= 11 is 0. The van der Waals surface area contributed by atoms with E-state index in [-0.39, 0.29) is 0 Å². The summed E-state index contributed by atoms with van der Waals surface area (Å²) in [6.07, 6.45) is 4.12. The van der Waals surface area contributed by atoms with Crippen LogP contribution >= 0.6 is 0 Å². The van der Waals surface area contributed by atoms with Crippen LogP contribution < -0.4 is 0 Å². The average Bonchev–Trinajstić information content (AvgIpc) is 2.32. The Balaban J connectivity index is 2.47. The maximum atomic E-state index is 2.55. The fourth-order valence-corrected chi connectivity index (χ4v) is 2.10. The van der Waals surface area contributed by atoms with E-state index in [1.165, 1.54) is 19.3 Å². The van der Waals surface area contributed by atoms with E-state index in [4.69, 9.17) is 0 Å². The molecule has 3 atom stereocenters. The molecular formula is C10H21N. The largest absolute Gasteiger partial charge is 0.300 e. The molecule has 1 unspecified atom stereocenters. The Kier molecular flexibility index (Phi) is 2.94. The monoisotopic (exact) mass is 155 g/mol. The summed E-state index contributed by atoms with van der Waals surface area (Å²) in [4.78, 5) is 2.55. The molecule has 0 aromatic carbocycles. The Bertz CT molecular complexity index is 122. The van der Waals surface area contributed by atoms with E-state index in [9.17, 15) is 0 Å². The van der Waals surface area contributed by atoms with E-state index < -0.39 is 0 Å². The van der Waals surface area contributed by atoms with E-state index in [2.05, 4.69) is 32.7 Å². The van der Waals surface area contributed by atoms with Crippen molar-refractivity contribution in [1.82, 2.24) is 4.90 Å². The van der Waals surface area contributed by atoms with Gasteiger partial charge in [-0.25, -0.2) is 0 Å². The predicted octanol–water partition coefficient (Wildman–Crippen LogP) is 2.52. The number of likely N-dealkylation sites (tertiary alicyclic amines) is 1. The Morgan fingerprint density at radius 3 is 2.45 bits per heavy atom. The molecule has 0 aromatic heterocycles. The molecule has 1 fully saturated rings. The quantitative estimate of drug-likeness (QED) is 0.592. The van der Waals surface area contributed by atoms with Gasteiger partial charge in [-0.15, -0.1) is 0 Å². The molecule has 1 rings (SSSR count). The third kappa shape index (κ3) is 1.76. The zero-order chi connectivity index (χ0) is 8.43. The highest BCUT2D eigenvalue weighted by Crippen LogP contribution is 2.28. The molecule has 1 nitrogen and oxygen atoms in total. The highest BCUT2D eigenvalue weighted by Gasteiger charge is 2.29. The summed E-state index contributed by atoms with van der Waals surface area (Å²) in [6.45, 7) is 7.00. The molecule has 1 heterocycles. The van der Waals surface area contributed by atoms with Crippen LogP contribution in [0.3, 0.4) is 0 Å². The summed E-state index contributed by atoms with van der Waals surface area (Å²) in [5.41, 5.74) is 0. The highest BCUT2D eigenvalue weighted by molar-refractivity contribution is 4.85. The van der Waals surface area contributed by atoms with Gasteiger partial charge in [0.05, 0.1) is 0 Å². The van der Waals surface area contributed by atoms with Crippen LogP contribution in [0.25, 0.3) is 0 Å². The molecule has 0 aromatic rings. The van der Waals surface area contributed by atoms with Gasteiger partial charge in [0, 0.05) is 12.1 Å². The van der Waals surface area contributed by atoms with Gasteiger partial charge in [0.2, 0.25) is 0 Å². The number of rotatable bonds is 2. The van der Waals surface area contributed by atoms with E-state index >= 15 is 0 Å². The van der Waals surface area contributed by atoms with Crippen LogP contribution in [0.2, 0.25) is 0 Å². The van der Waals surface area contributed by atoms with Gasteiger partial charge in [0.25, 0.3) is 0 Å². The van der Waals surface area contributed by atoms with Crippen molar-refractivity contribution in [3.05, 3.63) is 0 Å². The van der Waals surface area contributed by atoms with Crippen molar-refractivity contribution in [1.29, 1.82) is 0 Å². The molecule has 0 spiro atoms. The minimum absolute atomic E-state index is 0.814. The lowest BCUT2D eigenvalue weighted by Crippen LogP contribution is -2.34. The number of hydrogen-bond acceptors (Lipinski definition) is 1. The van der Waals surface area contributed by atoms with Crippen LogP contribution in [0, 0.1) is 5.92 Å². The van der Waals surface area contributed by atoms with E-state index in [1.54, 1.807) is 0 Å². The third-order valence-electron chi connectivity index (χ3n) is 3.40. The minimum atomic E-state index is 0.814. The van der Waals surface area contributed by atoms with Gasteiger partial charge in [0.1, 0.15) is 0 Å². The Hall–Kier alpha value is -0.0400. The van der Waals surface area contributed by atoms with Crippen molar-refractivity contribution >= 4 is 0 Å². The molecule has 66 valence electrons. The predicted molar refractivity (Wildman–Crippen MR) is 49.7 cm³/mol. The maximum Gasteiger partial charge on any atom is 0.0121 e. The lowest BCUT2D eigenvalue weighted by atomic mass is 9.97. The lowest BCUT2D eigenvalue weighted by Gasteiger charge is -2.27. The SMILES string of the molecule is CCC(C)[C@@H]1CC[C@@H](C)N1C. The third-order valence-corrected chi connectivity index (χ3v) is 3.40. The molecule has 0 radical (unpaired) electrons. The van der Waals surface area contributed by atoms with Crippen molar-refractivity contribution in [3.8, 4) is 0 Å². The van der Waals surface area contributed by atoms with Crippen LogP contribution in [-0.4, -0.2) is 24.0 Å². The van der Waals surface area contributed by atoms with Gasteiger partial charge in [-0.1, -0.05) is 20.3 Å². The minimum Gasteiger partial charge on any atom is -0.300 e. The fraction of sp³-hybridized carbons (Fsp3) is 1.00. The van der Waals surface area contributed by atoms with Gasteiger partial charge in [0.15, 0.2) is 0 Å². The van der Waals surface area contributed by atoms with Crippen molar-refractivity contribution in [2.75, 3.05) is 7.05 Å². The normalized spacial score (nSPS) is 36.0. The standard InChI is InChI=1S/C10H21N/c1-5-8(2)10-7-6-9(3)11(10)4/h8-10H,5-7H2,1-4H3/t8?,9-,10+/m1/s1. The van der Waals surface area contributed by atoms with E-state index in [1.807, 2.05) is 0 Å². The molecule has 1 aliphatic rings. The molecular weight excluding hydrogens is 134 g/mol. The molecule has 11 heavy (non-hydrogen) atoms. The fourth-order valence-electron chi connectivity index (χ4n) is 2.10. The van der Waals surface area contributed by atoms with E-state index in [0.717, 1.165) is 18.0 Å². The molecule has 1 saturated heterocycles. The second kappa shape index (κ2) is 3.57. The van der Waals surface area contributed by atoms with Gasteiger partial charge in [-0.05, 0) is 32.7 Å². The molecule has 0 bridgehead atoms. The first-order valence-electron chi connectivity index (χ1n) is 4.88. The Labute approximate surface area is 70.8 Å². The summed E-state index contributed by atoms with van der Waals surface area (Å²) in [5, 5.41) is 0. The molecule has 1 heteroatoms. The topological polar surface area (TPSA) is 3.24 Å². The van der Waals surface area contributed by atoms with Crippen LogP contribution in [-0.2, 0) is 0 Å². The highest BCUT2D eigenvalue weighted by atomic mass is 15.2. The Morgan fingerprint density at radius 1 is 1.45 bits per heavy atom.